The summed E-state index contributed by atoms with van der Waals surface area (Å²) in [4.78, 5) is 25.7. The van der Waals surface area contributed by atoms with Crippen molar-refractivity contribution in [1.82, 2.24) is 15.5 Å². The molecule has 18 heavy (non-hydrogen) atoms. The van der Waals surface area contributed by atoms with Gasteiger partial charge in [0.05, 0.1) is 12.5 Å². The molecular formula is C13H23N3O2. The number of hydrogen-bond acceptors (Lipinski definition) is 3. The number of nitrogens with zero attached hydrogens (tertiary/aromatic N) is 1. The van der Waals surface area contributed by atoms with E-state index in [9.17, 15) is 9.59 Å². The van der Waals surface area contributed by atoms with Gasteiger partial charge in [0.2, 0.25) is 11.8 Å². The first-order chi connectivity index (χ1) is 8.68. The average molecular weight is 253 g/mol. The van der Waals surface area contributed by atoms with Gasteiger partial charge in [0.15, 0.2) is 0 Å². The van der Waals surface area contributed by atoms with Gasteiger partial charge in [-0.15, -0.1) is 0 Å². The Morgan fingerprint density at radius 1 is 1.22 bits per heavy atom. The number of likely N-dealkylation sites (tertiary alicyclic amines) is 1. The first kappa shape index (κ1) is 13.3. The molecule has 5 heteroatoms. The Morgan fingerprint density at radius 2 is 1.94 bits per heavy atom. The first-order valence-electron chi connectivity index (χ1n) is 6.94. The second-order valence-electron chi connectivity index (χ2n) is 5.40. The van der Waals surface area contributed by atoms with E-state index in [2.05, 4.69) is 17.6 Å². The average Bonchev–Trinajstić information content (AvgIpc) is 2.83. The largest absolute Gasteiger partial charge is 0.347 e. The van der Waals surface area contributed by atoms with E-state index in [0.717, 1.165) is 39.0 Å². The van der Waals surface area contributed by atoms with E-state index in [-0.39, 0.29) is 24.3 Å². The van der Waals surface area contributed by atoms with Crippen LogP contribution in [-0.2, 0) is 9.59 Å². The molecule has 2 fully saturated rings. The summed E-state index contributed by atoms with van der Waals surface area (Å²) in [6.45, 7) is 5.52. The molecule has 0 saturated carbocycles. The van der Waals surface area contributed by atoms with Crippen LogP contribution in [-0.4, -0.2) is 49.4 Å². The van der Waals surface area contributed by atoms with Crippen LogP contribution >= 0.6 is 0 Å². The Kier molecular flexibility index (Phi) is 4.58. The molecule has 2 amide bonds. The van der Waals surface area contributed by atoms with E-state index in [4.69, 9.17) is 0 Å². The first-order valence-corrected chi connectivity index (χ1v) is 6.94. The molecule has 2 atom stereocenters. The molecule has 0 bridgehead atoms. The summed E-state index contributed by atoms with van der Waals surface area (Å²) >= 11 is 0. The van der Waals surface area contributed by atoms with Crippen LogP contribution in [0.15, 0.2) is 0 Å². The van der Waals surface area contributed by atoms with E-state index in [1.54, 1.807) is 0 Å². The molecule has 2 saturated heterocycles. The van der Waals surface area contributed by atoms with Gasteiger partial charge in [0.25, 0.3) is 0 Å². The van der Waals surface area contributed by atoms with Gasteiger partial charge < -0.3 is 15.5 Å². The van der Waals surface area contributed by atoms with Crippen molar-refractivity contribution < 1.29 is 9.59 Å². The Hall–Kier alpha value is -1.10. The van der Waals surface area contributed by atoms with Crippen LogP contribution in [0.5, 0.6) is 0 Å². The van der Waals surface area contributed by atoms with Gasteiger partial charge in [-0.1, -0.05) is 6.92 Å². The van der Waals surface area contributed by atoms with Crippen LogP contribution in [0.1, 0.15) is 26.2 Å². The minimum Gasteiger partial charge on any atom is -0.347 e. The van der Waals surface area contributed by atoms with Gasteiger partial charge >= 0.3 is 0 Å². The maximum absolute atomic E-state index is 11.9. The lowest BCUT2D eigenvalue weighted by atomic mass is 9.97. The van der Waals surface area contributed by atoms with E-state index >= 15 is 0 Å². The SMILES string of the molecule is C[C@@H]1CNC[C@H]1C(=O)NCC(=O)N1CCCCC1. The van der Waals surface area contributed by atoms with E-state index in [0.29, 0.717) is 5.92 Å². The van der Waals surface area contributed by atoms with E-state index in [1.807, 2.05) is 4.90 Å². The maximum atomic E-state index is 11.9. The standard InChI is InChI=1S/C13H23N3O2/c1-10-7-14-8-11(10)13(18)15-9-12(17)16-5-3-2-4-6-16/h10-11,14H,2-9H2,1H3,(H,15,18)/t10-,11-/m1/s1. The fourth-order valence-corrected chi connectivity index (χ4v) is 2.71. The molecule has 2 aliphatic heterocycles. The van der Waals surface area contributed by atoms with Crippen LogP contribution in [0.2, 0.25) is 0 Å². The third kappa shape index (κ3) is 3.22. The van der Waals surface area contributed by atoms with Crippen LogP contribution in [0.4, 0.5) is 0 Å². The van der Waals surface area contributed by atoms with Gasteiger partial charge in [-0.2, -0.15) is 0 Å². The molecule has 2 N–H and O–H groups in total. The molecule has 2 rings (SSSR count). The predicted octanol–water partition coefficient (Wildman–Crippen LogP) is -0.0294. The van der Waals surface area contributed by atoms with Crippen molar-refractivity contribution >= 4 is 11.8 Å². The second-order valence-corrected chi connectivity index (χ2v) is 5.40. The Balaban J connectivity index is 1.73. The topological polar surface area (TPSA) is 61.4 Å². The number of amides is 2. The van der Waals surface area contributed by atoms with Gasteiger partial charge in [-0.3, -0.25) is 9.59 Å². The molecule has 0 aliphatic carbocycles. The molecule has 0 aromatic rings. The van der Waals surface area contributed by atoms with E-state index in [1.165, 1.54) is 6.42 Å². The Morgan fingerprint density at radius 3 is 2.56 bits per heavy atom. The predicted molar refractivity (Wildman–Crippen MR) is 69.0 cm³/mol. The zero-order valence-corrected chi connectivity index (χ0v) is 11.1. The number of rotatable bonds is 3. The van der Waals surface area contributed by atoms with Crippen molar-refractivity contribution in [2.45, 2.75) is 26.2 Å². The van der Waals surface area contributed by atoms with Crippen molar-refractivity contribution in [2.75, 3.05) is 32.7 Å². The van der Waals surface area contributed by atoms with E-state index < -0.39 is 0 Å². The summed E-state index contributed by atoms with van der Waals surface area (Å²) in [5.41, 5.74) is 0. The summed E-state index contributed by atoms with van der Waals surface area (Å²) < 4.78 is 0. The van der Waals surface area contributed by atoms with Gasteiger partial charge in [0.1, 0.15) is 0 Å². The number of nitrogens with one attached hydrogen (secondary N) is 2. The summed E-state index contributed by atoms with van der Waals surface area (Å²) in [6.07, 6.45) is 3.38. The summed E-state index contributed by atoms with van der Waals surface area (Å²) in [5.74, 6) is 0.439. The third-order valence-electron chi connectivity index (χ3n) is 3.98. The van der Waals surface area contributed by atoms with Gasteiger partial charge in [-0.25, -0.2) is 0 Å². The van der Waals surface area contributed by atoms with Gasteiger partial charge in [0, 0.05) is 19.6 Å². The maximum Gasteiger partial charge on any atom is 0.241 e. The van der Waals surface area contributed by atoms with Crippen molar-refractivity contribution in [2.24, 2.45) is 11.8 Å². The highest BCUT2D eigenvalue weighted by Crippen LogP contribution is 2.15. The van der Waals surface area contributed by atoms with Crippen molar-refractivity contribution in [3.8, 4) is 0 Å². The third-order valence-corrected chi connectivity index (χ3v) is 3.98. The molecule has 102 valence electrons. The summed E-state index contributed by atoms with van der Waals surface area (Å²) in [6, 6.07) is 0. The van der Waals surface area contributed by atoms with Gasteiger partial charge in [-0.05, 0) is 31.7 Å². The molecule has 0 spiro atoms. The number of carbonyl (C=O) groups excluding carboxylic acids is 2. The van der Waals surface area contributed by atoms with Crippen LogP contribution < -0.4 is 10.6 Å². The Labute approximate surface area is 108 Å². The fraction of sp³-hybridized carbons (Fsp3) is 0.846. The molecule has 0 aromatic heterocycles. The monoisotopic (exact) mass is 253 g/mol. The number of piperidine rings is 1. The molecule has 0 unspecified atom stereocenters. The highest BCUT2D eigenvalue weighted by molar-refractivity contribution is 5.86. The second kappa shape index (κ2) is 6.18. The molecular weight excluding hydrogens is 230 g/mol. The molecule has 5 nitrogen and oxygen atoms in total. The minimum absolute atomic E-state index is 0.0119. The van der Waals surface area contributed by atoms with Crippen LogP contribution in [0.3, 0.4) is 0 Å². The van der Waals surface area contributed by atoms with Crippen molar-refractivity contribution in [1.29, 1.82) is 0 Å². The highest BCUT2D eigenvalue weighted by Gasteiger charge is 2.29. The van der Waals surface area contributed by atoms with Crippen molar-refractivity contribution in [3.63, 3.8) is 0 Å². The smallest absolute Gasteiger partial charge is 0.241 e. The highest BCUT2D eigenvalue weighted by atomic mass is 16.2. The lowest BCUT2D eigenvalue weighted by molar-refractivity contribution is -0.134. The fourth-order valence-electron chi connectivity index (χ4n) is 2.71. The number of hydrogen-bond donors (Lipinski definition) is 2. The summed E-state index contributed by atoms with van der Waals surface area (Å²) in [7, 11) is 0. The Bertz CT molecular complexity index is 313. The lowest BCUT2D eigenvalue weighted by Gasteiger charge is -2.27. The zero-order chi connectivity index (χ0) is 13.0. The lowest BCUT2D eigenvalue weighted by Crippen LogP contribution is -2.44. The quantitative estimate of drug-likeness (QED) is 0.742. The molecule has 0 aromatic carbocycles. The summed E-state index contributed by atoms with van der Waals surface area (Å²) in [5, 5.41) is 5.98. The number of carbonyl (C=O) groups is 2. The molecule has 0 radical (unpaired) electrons. The molecule has 2 aliphatic rings. The molecule has 2 heterocycles. The normalized spacial score (nSPS) is 28.2. The van der Waals surface area contributed by atoms with Crippen LogP contribution in [0.25, 0.3) is 0 Å². The zero-order valence-electron chi connectivity index (χ0n) is 11.1. The van der Waals surface area contributed by atoms with Crippen molar-refractivity contribution in [3.05, 3.63) is 0 Å². The van der Waals surface area contributed by atoms with Crippen LogP contribution in [0, 0.1) is 11.8 Å². The minimum atomic E-state index is 0.0119.